The van der Waals surface area contributed by atoms with Crippen molar-refractivity contribution in [2.24, 2.45) is 10.9 Å². The summed E-state index contributed by atoms with van der Waals surface area (Å²) in [5, 5.41) is 4.98. The molecule has 0 aromatic rings. The zero-order valence-corrected chi connectivity index (χ0v) is 9.36. The minimum absolute atomic E-state index is 0.177. The first-order valence-electron chi connectivity index (χ1n) is 3.83. The number of hydrogen-bond donors (Lipinski definition) is 2. The molecule has 0 rings (SSSR count). The van der Waals surface area contributed by atoms with Gasteiger partial charge in [0, 0.05) is 19.0 Å². The van der Waals surface area contributed by atoms with Crippen LogP contribution in [-0.2, 0) is 10.2 Å². The van der Waals surface area contributed by atoms with Crippen LogP contribution in [0.25, 0.3) is 0 Å². The normalized spacial score (nSPS) is 12.4. The fourth-order valence-corrected chi connectivity index (χ4v) is 1.92. The molecule has 0 bridgehead atoms. The van der Waals surface area contributed by atoms with Gasteiger partial charge in [-0.2, -0.15) is 12.7 Å². The smallest absolute Gasteiger partial charge is 0.277 e. The molecule has 0 saturated carbocycles. The Kier molecular flexibility index (Phi) is 4.76. The second-order valence-electron chi connectivity index (χ2n) is 2.97. The van der Waals surface area contributed by atoms with Gasteiger partial charge in [0.1, 0.15) is 0 Å². The van der Waals surface area contributed by atoms with E-state index in [0.29, 0.717) is 6.42 Å². The highest BCUT2D eigenvalue weighted by atomic mass is 32.2. The highest BCUT2D eigenvalue weighted by molar-refractivity contribution is 7.86. The zero-order chi connectivity index (χ0) is 10.6. The van der Waals surface area contributed by atoms with Crippen molar-refractivity contribution in [3.05, 3.63) is 0 Å². The van der Waals surface area contributed by atoms with Crippen LogP contribution in [-0.4, -0.2) is 30.3 Å². The number of thiocarbonyl (C=S) groups is 1. The maximum absolute atomic E-state index is 11.0. The van der Waals surface area contributed by atoms with Crippen LogP contribution in [0.4, 0.5) is 0 Å². The maximum atomic E-state index is 11.0. The van der Waals surface area contributed by atoms with Crippen molar-refractivity contribution in [3.8, 4) is 0 Å². The Balaban J connectivity index is 4.38. The quantitative estimate of drug-likeness (QED) is 0.622. The van der Waals surface area contributed by atoms with Gasteiger partial charge in [0.05, 0.1) is 4.99 Å². The van der Waals surface area contributed by atoms with Crippen LogP contribution in [0.5, 0.6) is 0 Å². The van der Waals surface area contributed by atoms with Gasteiger partial charge in [-0.3, -0.25) is 0 Å². The van der Waals surface area contributed by atoms with Crippen molar-refractivity contribution in [1.82, 2.24) is 4.31 Å². The highest BCUT2D eigenvalue weighted by Gasteiger charge is 2.20. The molecule has 0 heterocycles. The predicted molar refractivity (Wildman–Crippen MR) is 56.4 cm³/mol. The van der Waals surface area contributed by atoms with Gasteiger partial charge in [-0.25, -0.2) is 5.14 Å². The van der Waals surface area contributed by atoms with Gasteiger partial charge in [-0.1, -0.05) is 12.2 Å². The lowest BCUT2D eigenvalue weighted by Gasteiger charge is -2.22. The van der Waals surface area contributed by atoms with Gasteiger partial charge < -0.3 is 5.73 Å². The molecule has 0 saturated heterocycles. The standard InChI is InChI=1S/C6H15N3O2S2/c1-5(2)9(13(8,10)11)4-3-6(7)12/h5H,3-4H2,1-2H3,(H2,7,12)(H2,8,10,11). The van der Waals surface area contributed by atoms with Gasteiger partial charge in [-0.15, -0.1) is 0 Å². The monoisotopic (exact) mass is 225 g/mol. The summed E-state index contributed by atoms with van der Waals surface area (Å²) < 4.78 is 23.2. The Hall–Kier alpha value is -0.240. The Morgan fingerprint density at radius 1 is 1.54 bits per heavy atom. The Morgan fingerprint density at radius 3 is 2.23 bits per heavy atom. The molecule has 0 unspecified atom stereocenters. The Morgan fingerprint density at radius 2 is 2.00 bits per heavy atom. The number of rotatable bonds is 5. The first-order chi connectivity index (χ1) is 5.75. The number of nitrogens with two attached hydrogens (primary N) is 2. The first kappa shape index (κ1) is 12.8. The molecule has 78 valence electrons. The average molecular weight is 225 g/mol. The van der Waals surface area contributed by atoms with E-state index in [9.17, 15) is 8.42 Å². The van der Waals surface area contributed by atoms with E-state index in [1.807, 2.05) is 0 Å². The van der Waals surface area contributed by atoms with Gasteiger partial charge in [0.15, 0.2) is 0 Å². The largest absolute Gasteiger partial charge is 0.393 e. The lowest BCUT2D eigenvalue weighted by molar-refractivity contribution is 0.363. The van der Waals surface area contributed by atoms with E-state index in [1.54, 1.807) is 13.8 Å². The SMILES string of the molecule is CC(C)N(CCC(N)=S)S(N)(=O)=O. The molecule has 0 radical (unpaired) electrons. The van der Waals surface area contributed by atoms with Crippen LogP contribution in [0.3, 0.4) is 0 Å². The molecule has 0 atom stereocenters. The lowest BCUT2D eigenvalue weighted by atomic mass is 10.3. The Bertz CT molecular complexity index is 274. The number of hydrogen-bond acceptors (Lipinski definition) is 3. The van der Waals surface area contributed by atoms with Gasteiger partial charge in [-0.05, 0) is 13.8 Å². The van der Waals surface area contributed by atoms with Gasteiger partial charge >= 0.3 is 0 Å². The van der Waals surface area contributed by atoms with Crippen LogP contribution < -0.4 is 10.9 Å². The van der Waals surface area contributed by atoms with Gasteiger partial charge in [0.25, 0.3) is 10.2 Å². The van der Waals surface area contributed by atoms with Crippen molar-refractivity contribution in [1.29, 1.82) is 0 Å². The van der Waals surface area contributed by atoms with E-state index >= 15 is 0 Å². The third-order valence-electron chi connectivity index (χ3n) is 1.48. The minimum Gasteiger partial charge on any atom is -0.393 e. The van der Waals surface area contributed by atoms with E-state index in [2.05, 4.69) is 12.2 Å². The van der Waals surface area contributed by atoms with E-state index < -0.39 is 10.2 Å². The summed E-state index contributed by atoms with van der Waals surface area (Å²) in [5.74, 6) is 0. The van der Waals surface area contributed by atoms with E-state index in [4.69, 9.17) is 10.9 Å². The van der Waals surface area contributed by atoms with Crippen molar-refractivity contribution >= 4 is 27.4 Å². The Labute approximate surface area is 84.3 Å². The molecule has 0 spiro atoms. The average Bonchev–Trinajstić information content (AvgIpc) is 1.81. The van der Waals surface area contributed by atoms with Crippen molar-refractivity contribution in [3.63, 3.8) is 0 Å². The lowest BCUT2D eigenvalue weighted by Crippen LogP contribution is -2.42. The second-order valence-corrected chi connectivity index (χ2v) is 4.99. The molecular formula is C6H15N3O2S2. The van der Waals surface area contributed by atoms with Crippen LogP contribution in [0.15, 0.2) is 0 Å². The molecule has 0 fully saturated rings. The molecular weight excluding hydrogens is 210 g/mol. The molecule has 5 nitrogen and oxygen atoms in total. The molecule has 0 aliphatic carbocycles. The van der Waals surface area contributed by atoms with Crippen LogP contribution in [0, 0.1) is 0 Å². The van der Waals surface area contributed by atoms with E-state index in [1.165, 1.54) is 0 Å². The topological polar surface area (TPSA) is 89.4 Å². The molecule has 13 heavy (non-hydrogen) atoms. The summed E-state index contributed by atoms with van der Waals surface area (Å²) in [7, 11) is -3.64. The van der Waals surface area contributed by atoms with Crippen molar-refractivity contribution < 1.29 is 8.42 Å². The van der Waals surface area contributed by atoms with Crippen LogP contribution >= 0.6 is 12.2 Å². The van der Waals surface area contributed by atoms with Crippen LogP contribution in [0.2, 0.25) is 0 Å². The fourth-order valence-electron chi connectivity index (χ4n) is 0.900. The highest BCUT2D eigenvalue weighted by Crippen LogP contribution is 2.03. The van der Waals surface area contributed by atoms with Crippen molar-refractivity contribution in [2.45, 2.75) is 26.3 Å². The number of nitrogens with zero attached hydrogens (tertiary/aromatic N) is 1. The summed E-state index contributed by atoms with van der Waals surface area (Å²) in [5.41, 5.74) is 5.25. The summed E-state index contributed by atoms with van der Waals surface area (Å²) in [6, 6.07) is -0.177. The van der Waals surface area contributed by atoms with E-state index in [-0.39, 0.29) is 17.6 Å². The summed E-state index contributed by atoms with van der Waals surface area (Å²) >= 11 is 4.64. The molecule has 0 aromatic heterocycles. The summed E-state index contributed by atoms with van der Waals surface area (Å²) in [4.78, 5) is 0.286. The third-order valence-corrected chi connectivity index (χ3v) is 2.94. The molecule has 4 N–H and O–H groups in total. The summed E-state index contributed by atoms with van der Waals surface area (Å²) in [6.07, 6.45) is 0.351. The molecule has 0 amide bonds. The maximum Gasteiger partial charge on any atom is 0.277 e. The fraction of sp³-hybridized carbons (Fsp3) is 0.833. The predicted octanol–water partition coefficient (Wildman–Crippen LogP) is -0.423. The second kappa shape index (κ2) is 4.85. The molecule has 0 aliphatic heterocycles. The summed E-state index contributed by atoms with van der Waals surface area (Å²) in [6.45, 7) is 3.72. The van der Waals surface area contributed by atoms with Crippen LogP contribution in [0.1, 0.15) is 20.3 Å². The molecule has 0 aromatic carbocycles. The van der Waals surface area contributed by atoms with E-state index in [0.717, 1.165) is 4.31 Å². The first-order valence-corrected chi connectivity index (χ1v) is 5.74. The molecule has 7 heteroatoms. The minimum atomic E-state index is -3.64. The molecule has 0 aliphatic rings. The third kappa shape index (κ3) is 5.14. The van der Waals surface area contributed by atoms with Crippen molar-refractivity contribution in [2.75, 3.05) is 6.54 Å². The zero-order valence-electron chi connectivity index (χ0n) is 7.73. The van der Waals surface area contributed by atoms with Gasteiger partial charge in [0.2, 0.25) is 0 Å².